The molecule has 0 N–H and O–H groups in total. The van der Waals surface area contributed by atoms with E-state index in [4.69, 9.17) is 9.47 Å². The highest BCUT2D eigenvalue weighted by Crippen LogP contribution is 2.42. The molecule has 3 nitrogen and oxygen atoms in total. The van der Waals surface area contributed by atoms with Gasteiger partial charge in [0.1, 0.15) is 5.60 Å². The molecule has 3 rings (SSSR count). The van der Waals surface area contributed by atoms with Crippen molar-refractivity contribution in [2.45, 2.75) is 12.5 Å². The highest BCUT2D eigenvalue weighted by Gasteiger charge is 2.40. The Kier molecular flexibility index (Phi) is 3.62. The molecule has 1 aliphatic rings. The normalized spacial score (nSPS) is 15.4. The van der Waals surface area contributed by atoms with Crippen molar-refractivity contribution in [2.75, 3.05) is 20.3 Å². The molecule has 0 aliphatic heterocycles. The summed E-state index contributed by atoms with van der Waals surface area (Å²) in [6, 6.07) is 15.3. The molecule has 108 valence electrons. The number of carbonyl (C=O) groups is 1. The Labute approximate surface area is 124 Å². The van der Waals surface area contributed by atoms with Crippen molar-refractivity contribution in [3.05, 3.63) is 70.8 Å². The van der Waals surface area contributed by atoms with Crippen LogP contribution in [-0.4, -0.2) is 26.1 Å². The predicted molar refractivity (Wildman–Crippen MR) is 80.6 cm³/mol. The first-order valence-electron chi connectivity index (χ1n) is 7.05. The van der Waals surface area contributed by atoms with E-state index in [9.17, 15) is 4.79 Å². The number of hydrogen-bond acceptors (Lipinski definition) is 3. The summed E-state index contributed by atoms with van der Waals surface area (Å²) in [6.45, 7) is 3.02. The van der Waals surface area contributed by atoms with Gasteiger partial charge in [0.05, 0.1) is 13.2 Å². The van der Waals surface area contributed by atoms with Crippen LogP contribution in [-0.2, 0) is 15.1 Å². The smallest absolute Gasteiger partial charge is 0.193 e. The van der Waals surface area contributed by atoms with Crippen LogP contribution in [0.25, 0.3) is 0 Å². The van der Waals surface area contributed by atoms with Gasteiger partial charge in [-0.25, -0.2) is 0 Å². The molecule has 3 heteroatoms. The highest BCUT2D eigenvalue weighted by molar-refractivity contribution is 6.13. The Morgan fingerprint density at radius 3 is 1.95 bits per heavy atom. The number of ketones is 1. The topological polar surface area (TPSA) is 35.5 Å². The fourth-order valence-corrected chi connectivity index (χ4v) is 2.97. The predicted octanol–water partition coefficient (Wildman–Crippen LogP) is 3.16. The van der Waals surface area contributed by atoms with Crippen LogP contribution < -0.4 is 0 Å². The highest BCUT2D eigenvalue weighted by atomic mass is 16.5. The molecule has 21 heavy (non-hydrogen) atoms. The Morgan fingerprint density at radius 1 is 0.905 bits per heavy atom. The Balaban J connectivity index is 2.15. The summed E-state index contributed by atoms with van der Waals surface area (Å²) in [7, 11) is 1.65. The van der Waals surface area contributed by atoms with Crippen molar-refractivity contribution in [2.24, 2.45) is 0 Å². The lowest BCUT2D eigenvalue weighted by Gasteiger charge is -2.37. The first kappa shape index (κ1) is 14.0. The van der Waals surface area contributed by atoms with Crippen LogP contribution in [0.15, 0.2) is 48.5 Å². The molecule has 0 spiro atoms. The van der Waals surface area contributed by atoms with E-state index in [0.717, 1.165) is 22.3 Å². The maximum atomic E-state index is 12.6. The van der Waals surface area contributed by atoms with Crippen molar-refractivity contribution in [3.8, 4) is 0 Å². The van der Waals surface area contributed by atoms with E-state index < -0.39 is 5.60 Å². The van der Waals surface area contributed by atoms with Gasteiger partial charge < -0.3 is 9.47 Å². The fourth-order valence-electron chi connectivity index (χ4n) is 2.97. The minimum absolute atomic E-state index is 0.0639. The molecule has 0 radical (unpaired) electrons. The van der Waals surface area contributed by atoms with Gasteiger partial charge in [0, 0.05) is 18.2 Å². The maximum absolute atomic E-state index is 12.6. The van der Waals surface area contributed by atoms with Gasteiger partial charge in [0.15, 0.2) is 5.78 Å². The zero-order valence-corrected chi connectivity index (χ0v) is 12.3. The molecule has 0 amide bonds. The average Bonchev–Trinajstić information content (AvgIpc) is 2.53. The van der Waals surface area contributed by atoms with Crippen molar-refractivity contribution >= 4 is 5.78 Å². The maximum Gasteiger partial charge on any atom is 0.193 e. The second-order valence-corrected chi connectivity index (χ2v) is 5.29. The number of fused-ring (bicyclic) bond motifs is 2. The molecule has 0 heterocycles. The first-order chi connectivity index (χ1) is 10.2. The van der Waals surface area contributed by atoms with E-state index in [0.29, 0.717) is 13.2 Å². The SMILES string of the molecule is COCCOC1(C)c2ccccc2C(=O)c2ccccc21. The van der Waals surface area contributed by atoms with Crippen molar-refractivity contribution in [1.82, 2.24) is 0 Å². The molecular formula is C18H18O3. The molecule has 0 atom stereocenters. The molecule has 0 unspecified atom stereocenters. The lowest BCUT2D eigenvalue weighted by molar-refractivity contribution is -0.0301. The summed E-state index contributed by atoms with van der Waals surface area (Å²) in [5.74, 6) is 0.0639. The van der Waals surface area contributed by atoms with Gasteiger partial charge in [-0.1, -0.05) is 48.5 Å². The van der Waals surface area contributed by atoms with Gasteiger partial charge in [-0.3, -0.25) is 4.79 Å². The fraction of sp³-hybridized carbons (Fsp3) is 0.278. The van der Waals surface area contributed by atoms with Gasteiger partial charge in [-0.05, 0) is 18.1 Å². The third kappa shape index (κ3) is 2.19. The second-order valence-electron chi connectivity index (χ2n) is 5.29. The van der Waals surface area contributed by atoms with Crippen LogP contribution in [0.4, 0.5) is 0 Å². The van der Waals surface area contributed by atoms with Gasteiger partial charge in [-0.2, -0.15) is 0 Å². The van der Waals surface area contributed by atoms with Crippen molar-refractivity contribution in [1.29, 1.82) is 0 Å². The number of methoxy groups -OCH3 is 1. The van der Waals surface area contributed by atoms with E-state index >= 15 is 0 Å². The van der Waals surface area contributed by atoms with E-state index in [-0.39, 0.29) is 5.78 Å². The lowest BCUT2D eigenvalue weighted by atomic mass is 9.75. The summed E-state index contributed by atoms with van der Waals surface area (Å²) in [6.07, 6.45) is 0. The minimum atomic E-state index is -0.625. The number of rotatable bonds is 4. The lowest BCUT2D eigenvalue weighted by Crippen LogP contribution is -2.36. The van der Waals surface area contributed by atoms with Gasteiger partial charge >= 0.3 is 0 Å². The Morgan fingerprint density at radius 2 is 1.43 bits per heavy atom. The molecule has 0 saturated heterocycles. The number of ether oxygens (including phenoxy) is 2. The van der Waals surface area contributed by atoms with Crippen LogP contribution in [0, 0.1) is 0 Å². The summed E-state index contributed by atoms with van der Waals surface area (Å²) in [5.41, 5.74) is 2.65. The summed E-state index contributed by atoms with van der Waals surface area (Å²) in [4.78, 5) is 12.6. The second kappa shape index (κ2) is 5.43. The molecule has 0 fully saturated rings. The van der Waals surface area contributed by atoms with Crippen molar-refractivity contribution in [3.63, 3.8) is 0 Å². The standard InChI is InChI=1S/C18H18O3/c1-18(21-12-11-20-2)15-9-5-3-7-13(15)17(19)14-8-4-6-10-16(14)18/h3-10H,11-12H2,1-2H3. The van der Waals surface area contributed by atoms with E-state index in [1.165, 1.54) is 0 Å². The summed E-state index contributed by atoms with van der Waals surface area (Å²) >= 11 is 0. The Hall–Kier alpha value is -1.97. The van der Waals surface area contributed by atoms with E-state index in [1.54, 1.807) is 7.11 Å². The third-order valence-electron chi connectivity index (χ3n) is 4.05. The van der Waals surface area contributed by atoms with Crippen LogP contribution in [0.1, 0.15) is 34.0 Å². The number of benzene rings is 2. The third-order valence-corrected chi connectivity index (χ3v) is 4.05. The van der Waals surface area contributed by atoms with Crippen molar-refractivity contribution < 1.29 is 14.3 Å². The van der Waals surface area contributed by atoms with Gasteiger partial charge in [-0.15, -0.1) is 0 Å². The number of hydrogen-bond donors (Lipinski definition) is 0. The first-order valence-corrected chi connectivity index (χ1v) is 7.05. The molecule has 1 aliphatic carbocycles. The van der Waals surface area contributed by atoms with Gasteiger partial charge in [0.2, 0.25) is 0 Å². The summed E-state index contributed by atoms with van der Waals surface area (Å²) < 4.78 is 11.2. The molecule has 0 bridgehead atoms. The largest absolute Gasteiger partial charge is 0.382 e. The quantitative estimate of drug-likeness (QED) is 0.808. The molecule has 0 saturated carbocycles. The zero-order valence-electron chi connectivity index (χ0n) is 12.3. The van der Waals surface area contributed by atoms with Crippen LogP contribution in [0.2, 0.25) is 0 Å². The average molecular weight is 282 g/mol. The molecule has 2 aromatic rings. The monoisotopic (exact) mass is 282 g/mol. The number of carbonyl (C=O) groups excluding carboxylic acids is 1. The Bertz CT molecular complexity index is 626. The van der Waals surface area contributed by atoms with Gasteiger partial charge in [0.25, 0.3) is 0 Å². The minimum Gasteiger partial charge on any atom is -0.382 e. The van der Waals surface area contributed by atoms with E-state index in [1.807, 2.05) is 55.5 Å². The van der Waals surface area contributed by atoms with Crippen LogP contribution in [0.3, 0.4) is 0 Å². The zero-order chi connectivity index (χ0) is 14.9. The molecule has 0 aromatic heterocycles. The van der Waals surface area contributed by atoms with Crippen LogP contribution in [0.5, 0.6) is 0 Å². The molecular weight excluding hydrogens is 264 g/mol. The van der Waals surface area contributed by atoms with Crippen LogP contribution >= 0.6 is 0 Å². The van der Waals surface area contributed by atoms with E-state index in [2.05, 4.69) is 0 Å². The summed E-state index contributed by atoms with van der Waals surface area (Å²) in [5, 5.41) is 0. The molecule has 2 aromatic carbocycles.